The lowest BCUT2D eigenvalue weighted by molar-refractivity contribution is -0.162. The highest BCUT2D eigenvalue weighted by molar-refractivity contribution is 5.46. The van der Waals surface area contributed by atoms with Gasteiger partial charge in [0.05, 0.1) is 12.5 Å². The van der Waals surface area contributed by atoms with Gasteiger partial charge < -0.3 is 4.74 Å². The van der Waals surface area contributed by atoms with Crippen LogP contribution in [0.1, 0.15) is 23.5 Å². The van der Waals surface area contributed by atoms with Crippen molar-refractivity contribution in [3.63, 3.8) is 0 Å². The van der Waals surface area contributed by atoms with E-state index < -0.39 is 17.5 Å². The van der Waals surface area contributed by atoms with Crippen molar-refractivity contribution in [3.8, 4) is 5.75 Å². The van der Waals surface area contributed by atoms with Gasteiger partial charge in [-0.15, -0.1) is 0 Å². The normalized spacial score (nSPS) is 24.7. The van der Waals surface area contributed by atoms with E-state index in [1.165, 1.54) is 7.11 Å². The molecule has 0 N–H and O–H groups in total. The highest BCUT2D eigenvalue weighted by Crippen LogP contribution is 2.68. The fourth-order valence-electron chi connectivity index (χ4n) is 3.03. The summed E-state index contributed by atoms with van der Waals surface area (Å²) in [4.78, 5) is 0. The van der Waals surface area contributed by atoms with E-state index in [0.29, 0.717) is 16.9 Å². The quantitative estimate of drug-likeness (QED) is 0.798. The second kappa shape index (κ2) is 4.79. The Morgan fingerprint density at radius 3 is 2.14 bits per heavy atom. The van der Waals surface area contributed by atoms with Crippen LogP contribution in [0.3, 0.4) is 0 Å². The van der Waals surface area contributed by atoms with Gasteiger partial charge in [0.15, 0.2) is 0 Å². The lowest BCUT2D eigenvalue weighted by Gasteiger charge is -2.22. The van der Waals surface area contributed by atoms with Gasteiger partial charge in [-0.3, -0.25) is 0 Å². The van der Waals surface area contributed by atoms with Gasteiger partial charge in [0.1, 0.15) is 5.75 Å². The molecule has 1 saturated carbocycles. The Kier molecular flexibility index (Phi) is 3.19. The molecule has 2 atom stereocenters. The Labute approximate surface area is 121 Å². The molecule has 2 aromatic carbocycles. The molecular formula is C17H15F3O. The van der Waals surface area contributed by atoms with Crippen molar-refractivity contribution in [2.24, 2.45) is 0 Å². The number of alkyl halides is 3. The highest BCUT2D eigenvalue weighted by atomic mass is 19.4. The van der Waals surface area contributed by atoms with E-state index >= 15 is 0 Å². The van der Waals surface area contributed by atoms with E-state index in [0.717, 1.165) is 0 Å². The van der Waals surface area contributed by atoms with E-state index in [1.54, 1.807) is 54.6 Å². The second-order valence-electron chi connectivity index (χ2n) is 5.37. The molecule has 0 aromatic heterocycles. The van der Waals surface area contributed by atoms with Gasteiger partial charge in [-0.2, -0.15) is 13.2 Å². The number of hydrogen-bond acceptors (Lipinski definition) is 1. The molecule has 1 aliphatic carbocycles. The van der Waals surface area contributed by atoms with Gasteiger partial charge in [0.25, 0.3) is 0 Å². The predicted molar refractivity (Wildman–Crippen MR) is 74.5 cm³/mol. The van der Waals surface area contributed by atoms with Crippen LogP contribution in [-0.4, -0.2) is 13.3 Å². The monoisotopic (exact) mass is 292 g/mol. The van der Waals surface area contributed by atoms with E-state index in [1.807, 2.05) is 0 Å². The van der Waals surface area contributed by atoms with Crippen LogP contribution in [0.4, 0.5) is 13.2 Å². The van der Waals surface area contributed by atoms with E-state index in [9.17, 15) is 13.2 Å². The third-order valence-corrected chi connectivity index (χ3v) is 4.27. The summed E-state index contributed by atoms with van der Waals surface area (Å²) in [5.41, 5.74) is -0.696. The fourth-order valence-corrected chi connectivity index (χ4v) is 3.03. The molecule has 0 heterocycles. The van der Waals surface area contributed by atoms with Gasteiger partial charge in [-0.05, 0) is 29.7 Å². The zero-order valence-corrected chi connectivity index (χ0v) is 11.5. The summed E-state index contributed by atoms with van der Waals surface area (Å²) >= 11 is 0. The first-order chi connectivity index (χ1) is 9.99. The van der Waals surface area contributed by atoms with E-state index in [2.05, 4.69) is 0 Å². The standard InChI is InChI=1S/C17H15F3O/c1-21-14-9-7-12(8-10-14)15-11-16(15,17(18,19)20)13-5-3-2-4-6-13/h2-10,15H,11H2,1H3/t15-,16-/m1/s1. The molecule has 2 aromatic rings. The van der Waals surface area contributed by atoms with Crippen LogP contribution in [0.25, 0.3) is 0 Å². The lowest BCUT2D eigenvalue weighted by atomic mass is 9.90. The summed E-state index contributed by atoms with van der Waals surface area (Å²) < 4.78 is 46.0. The number of ether oxygens (including phenoxy) is 1. The summed E-state index contributed by atoms with van der Waals surface area (Å²) in [6.07, 6.45) is -4.15. The summed E-state index contributed by atoms with van der Waals surface area (Å²) in [6.45, 7) is 0. The first-order valence-corrected chi connectivity index (χ1v) is 6.75. The molecule has 1 fully saturated rings. The molecule has 0 spiro atoms. The Hall–Kier alpha value is -1.97. The number of benzene rings is 2. The minimum atomic E-state index is -4.25. The zero-order chi connectivity index (χ0) is 15.1. The number of halogens is 3. The molecule has 0 aliphatic heterocycles. The lowest BCUT2D eigenvalue weighted by Crippen LogP contribution is -2.30. The van der Waals surface area contributed by atoms with Gasteiger partial charge in [0.2, 0.25) is 0 Å². The van der Waals surface area contributed by atoms with E-state index in [-0.39, 0.29) is 6.42 Å². The van der Waals surface area contributed by atoms with Crippen LogP contribution in [0, 0.1) is 0 Å². The van der Waals surface area contributed by atoms with Crippen molar-refractivity contribution >= 4 is 0 Å². The van der Waals surface area contributed by atoms with Crippen LogP contribution < -0.4 is 4.74 Å². The smallest absolute Gasteiger partial charge is 0.399 e. The average Bonchev–Trinajstić information content (AvgIpc) is 3.25. The van der Waals surface area contributed by atoms with Crippen LogP contribution in [0.2, 0.25) is 0 Å². The summed E-state index contributed by atoms with van der Waals surface area (Å²) in [6, 6.07) is 15.0. The molecule has 0 bridgehead atoms. The van der Waals surface area contributed by atoms with Crippen LogP contribution in [0.15, 0.2) is 54.6 Å². The van der Waals surface area contributed by atoms with Crippen molar-refractivity contribution in [2.75, 3.05) is 7.11 Å². The molecule has 110 valence electrons. The largest absolute Gasteiger partial charge is 0.497 e. The van der Waals surface area contributed by atoms with Gasteiger partial charge in [-0.25, -0.2) is 0 Å². The first kappa shape index (κ1) is 14.0. The molecule has 1 aliphatic rings. The van der Waals surface area contributed by atoms with E-state index in [4.69, 9.17) is 4.74 Å². The van der Waals surface area contributed by atoms with Crippen molar-refractivity contribution in [3.05, 3.63) is 65.7 Å². The molecule has 0 unspecified atom stereocenters. The SMILES string of the molecule is COc1ccc([C@H]2C[C@]2(c2ccccc2)C(F)(F)F)cc1. The Balaban J connectivity index is 1.98. The van der Waals surface area contributed by atoms with Gasteiger partial charge in [-0.1, -0.05) is 42.5 Å². The van der Waals surface area contributed by atoms with Crippen molar-refractivity contribution in [1.82, 2.24) is 0 Å². The van der Waals surface area contributed by atoms with Gasteiger partial charge >= 0.3 is 6.18 Å². The molecule has 0 radical (unpaired) electrons. The number of rotatable bonds is 3. The number of hydrogen-bond donors (Lipinski definition) is 0. The molecule has 0 amide bonds. The van der Waals surface area contributed by atoms with Crippen molar-refractivity contribution in [1.29, 1.82) is 0 Å². The van der Waals surface area contributed by atoms with Crippen molar-refractivity contribution < 1.29 is 17.9 Å². The Morgan fingerprint density at radius 1 is 1.00 bits per heavy atom. The third kappa shape index (κ3) is 2.19. The van der Waals surface area contributed by atoms with Gasteiger partial charge in [0, 0.05) is 5.92 Å². The maximum absolute atomic E-state index is 13.6. The topological polar surface area (TPSA) is 9.23 Å². The molecule has 4 heteroatoms. The van der Waals surface area contributed by atoms with Crippen molar-refractivity contribution in [2.45, 2.75) is 23.9 Å². The summed E-state index contributed by atoms with van der Waals surface area (Å²) in [5.74, 6) is 0.127. The molecule has 0 saturated heterocycles. The highest BCUT2D eigenvalue weighted by Gasteiger charge is 2.71. The third-order valence-electron chi connectivity index (χ3n) is 4.27. The average molecular weight is 292 g/mol. The Bertz CT molecular complexity index is 619. The molecule has 3 rings (SSSR count). The van der Waals surface area contributed by atoms with Crippen LogP contribution in [0.5, 0.6) is 5.75 Å². The maximum atomic E-state index is 13.6. The molecule has 1 nitrogen and oxygen atoms in total. The minimum Gasteiger partial charge on any atom is -0.497 e. The van der Waals surface area contributed by atoms with Crippen LogP contribution >= 0.6 is 0 Å². The predicted octanol–water partition coefficient (Wildman–Crippen LogP) is 4.68. The van der Waals surface area contributed by atoms with Crippen LogP contribution in [-0.2, 0) is 5.41 Å². The first-order valence-electron chi connectivity index (χ1n) is 6.75. The fraction of sp³-hybridized carbons (Fsp3) is 0.294. The second-order valence-corrected chi connectivity index (χ2v) is 5.37. The molecule has 21 heavy (non-hydrogen) atoms. The summed E-state index contributed by atoms with van der Waals surface area (Å²) in [7, 11) is 1.54. The summed E-state index contributed by atoms with van der Waals surface area (Å²) in [5, 5.41) is 0. The Morgan fingerprint density at radius 2 is 1.62 bits per heavy atom. The molecular weight excluding hydrogens is 277 g/mol. The zero-order valence-electron chi connectivity index (χ0n) is 11.5. The minimum absolute atomic E-state index is 0.104. The number of methoxy groups -OCH3 is 1. The maximum Gasteiger partial charge on any atom is 0.399 e.